The summed E-state index contributed by atoms with van der Waals surface area (Å²) in [5.74, 6) is 0. The summed E-state index contributed by atoms with van der Waals surface area (Å²) in [6.07, 6.45) is 3.20. The number of hydrogen-bond donors (Lipinski definition) is 1. The first kappa shape index (κ1) is 10.5. The number of rotatable bonds is 6. The van der Waals surface area contributed by atoms with Gasteiger partial charge in [0.1, 0.15) is 0 Å². The highest BCUT2D eigenvalue weighted by Crippen LogP contribution is 2.44. The van der Waals surface area contributed by atoms with Crippen LogP contribution in [0.3, 0.4) is 0 Å². The predicted molar refractivity (Wildman–Crippen MR) is 46.1 cm³/mol. The van der Waals surface area contributed by atoms with E-state index in [1.807, 2.05) is 6.92 Å². The van der Waals surface area contributed by atoms with Crippen molar-refractivity contribution in [3.8, 4) is 0 Å². The van der Waals surface area contributed by atoms with E-state index in [2.05, 4.69) is 0 Å². The van der Waals surface area contributed by atoms with E-state index < -0.39 is 15.9 Å². The van der Waals surface area contributed by atoms with Gasteiger partial charge in [0.15, 0.2) is 0 Å². The third kappa shape index (κ3) is 2.96. The number of amides is 1. The van der Waals surface area contributed by atoms with E-state index in [1.54, 1.807) is 4.72 Å². The van der Waals surface area contributed by atoms with Crippen molar-refractivity contribution in [3.63, 3.8) is 0 Å². The molecule has 1 saturated carbocycles. The van der Waals surface area contributed by atoms with Gasteiger partial charge in [0.05, 0.1) is 5.60 Å². The molecule has 1 fully saturated rings. The zero-order chi connectivity index (χ0) is 9.95. The highest BCUT2D eigenvalue weighted by Gasteiger charge is 2.46. The summed E-state index contributed by atoms with van der Waals surface area (Å²) in [4.78, 5) is 9.91. The van der Waals surface area contributed by atoms with Gasteiger partial charge in [-0.25, -0.2) is 8.91 Å². The first-order valence-corrected chi connectivity index (χ1v) is 5.61. The highest BCUT2D eigenvalue weighted by molar-refractivity contribution is 7.85. The van der Waals surface area contributed by atoms with Gasteiger partial charge in [0.2, 0.25) is 6.41 Å². The first-order valence-electron chi connectivity index (χ1n) is 4.20. The predicted octanol–water partition coefficient (Wildman–Crippen LogP) is 0.326. The maximum absolute atomic E-state index is 11.0. The van der Waals surface area contributed by atoms with E-state index in [-0.39, 0.29) is 6.41 Å². The zero-order valence-electron chi connectivity index (χ0n) is 7.45. The Bertz CT molecular complexity index is 281. The van der Waals surface area contributed by atoms with E-state index in [0.29, 0.717) is 6.42 Å². The molecule has 1 aliphatic carbocycles. The van der Waals surface area contributed by atoms with E-state index in [0.717, 1.165) is 19.3 Å². The zero-order valence-corrected chi connectivity index (χ0v) is 8.26. The van der Waals surface area contributed by atoms with Crippen LogP contribution in [0.4, 0.5) is 0 Å². The van der Waals surface area contributed by atoms with Crippen LogP contribution in [0, 0.1) is 0 Å². The van der Waals surface area contributed by atoms with Gasteiger partial charge in [-0.3, -0.25) is 4.79 Å². The molecule has 0 saturated heterocycles. The van der Waals surface area contributed by atoms with Gasteiger partial charge in [-0.1, -0.05) is 13.3 Å². The Morgan fingerprint density at radius 3 is 2.54 bits per heavy atom. The fourth-order valence-corrected chi connectivity index (χ4v) is 2.17. The van der Waals surface area contributed by atoms with Crippen LogP contribution in [0.5, 0.6) is 0 Å². The third-order valence-electron chi connectivity index (χ3n) is 1.99. The van der Waals surface area contributed by atoms with Crippen LogP contribution < -0.4 is 4.72 Å². The molecule has 0 aliphatic heterocycles. The van der Waals surface area contributed by atoms with Crippen molar-refractivity contribution in [1.82, 2.24) is 4.72 Å². The summed E-state index contributed by atoms with van der Waals surface area (Å²) in [5, 5.41) is 0. The van der Waals surface area contributed by atoms with Crippen molar-refractivity contribution >= 4 is 16.7 Å². The molecular weight excluding hydrogens is 194 g/mol. The molecule has 0 heterocycles. The Hall–Kier alpha value is -0.620. The van der Waals surface area contributed by atoms with Crippen molar-refractivity contribution in [2.75, 3.05) is 0 Å². The fourth-order valence-electron chi connectivity index (χ4n) is 1.29. The van der Waals surface area contributed by atoms with Gasteiger partial charge in [0, 0.05) is 0 Å². The van der Waals surface area contributed by atoms with Gasteiger partial charge < -0.3 is 0 Å². The van der Waals surface area contributed by atoms with Crippen molar-refractivity contribution in [2.24, 2.45) is 0 Å². The second-order valence-corrected chi connectivity index (χ2v) is 4.52. The van der Waals surface area contributed by atoms with E-state index in [9.17, 15) is 13.2 Å². The fraction of sp³-hybridized carbons (Fsp3) is 0.857. The Morgan fingerprint density at radius 1 is 1.54 bits per heavy atom. The summed E-state index contributed by atoms with van der Waals surface area (Å²) >= 11 is 0. The van der Waals surface area contributed by atoms with Crippen LogP contribution in [0.15, 0.2) is 0 Å². The number of carbonyl (C=O) groups excluding carboxylic acids is 1. The lowest BCUT2D eigenvalue weighted by atomic mass is 10.2. The average molecular weight is 207 g/mol. The molecule has 1 amide bonds. The van der Waals surface area contributed by atoms with Gasteiger partial charge >= 0.3 is 10.3 Å². The number of nitrogens with one attached hydrogen (secondary N) is 1. The molecule has 76 valence electrons. The summed E-state index contributed by atoms with van der Waals surface area (Å²) < 4.78 is 28.5. The van der Waals surface area contributed by atoms with Crippen LogP contribution in [0.2, 0.25) is 0 Å². The minimum Gasteiger partial charge on any atom is -0.278 e. The van der Waals surface area contributed by atoms with Crippen molar-refractivity contribution in [3.05, 3.63) is 0 Å². The summed E-state index contributed by atoms with van der Waals surface area (Å²) in [5.41, 5.74) is -0.524. The quantitative estimate of drug-likeness (QED) is 0.637. The normalized spacial score (nSPS) is 19.5. The van der Waals surface area contributed by atoms with Crippen LogP contribution in [0.1, 0.15) is 32.6 Å². The minimum atomic E-state index is -3.87. The molecule has 0 bridgehead atoms. The molecule has 1 rings (SSSR count). The van der Waals surface area contributed by atoms with Crippen molar-refractivity contribution < 1.29 is 17.4 Å². The van der Waals surface area contributed by atoms with Crippen molar-refractivity contribution in [1.29, 1.82) is 0 Å². The summed E-state index contributed by atoms with van der Waals surface area (Å²) in [6, 6.07) is 0. The maximum Gasteiger partial charge on any atom is 0.362 e. The largest absolute Gasteiger partial charge is 0.362 e. The molecule has 0 unspecified atom stereocenters. The molecule has 5 nitrogen and oxygen atoms in total. The van der Waals surface area contributed by atoms with Gasteiger partial charge in [-0.15, -0.1) is 0 Å². The van der Waals surface area contributed by atoms with Crippen LogP contribution in [-0.2, 0) is 19.3 Å². The van der Waals surface area contributed by atoms with E-state index >= 15 is 0 Å². The molecule has 0 aromatic rings. The summed E-state index contributed by atoms with van der Waals surface area (Å²) in [6.45, 7) is 1.96. The maximum atomic E-state index is 11.0. The van der Waals surface area contributed by atoms with Gasteiger partial charge in [0.25, 0.3) is 0 Å². The molecule has 1 N–H and O–H groups in total. The molecule has 1 aliphatic rings. The molecule has 0 radical (unpaired) electrons. The highest BCUT2D eigenvalue weighted by atomic mass is 32.2. The Morgan fingerprint density at radius 2 is 2.15 bits per heavy atom. The molecule has 0 aromatic heterocycles. The van der Waals surface area contributed by atoms with Crippen LogP contribution in [-0.4, -0.2) is 20.4 Å². The number of hydrogen-bond acceptors (Lipinski definition) is 4. The number of carbonyl (C=O) groups is 1. The topological polar surface area (TPSA) is 72.5 Å². The molecule has 0 aromatic carbocycles. The van der Waals surface area contributed by atoms with Gasteiger partial charge in [-0.05, 0) is 19.3 Å². The standard InChI is InChI=1S/C7H13NO4S/c1-2-3-7(4-5-7)12-13(10,11)8-6-9/h6H,2-5H2,1H3,(H,8,9). The summed E-state index contributed by atoms with van der Waals surface area (Å²) in [7, 11) is -3.87. The molecular formula is C7H13NO4S. The molecule has 6 heteroatoms. The second-order valence-electron chi connectivity index (χ2n) is 3.21. The SMILES string of the molecule is CCCC1(OS(=O)(=O)NC=O)CC1. The Balaban J connectivity index is 2.52. The van der Waals surface area contributed by atoms with Gasteiger partial charge in [-0.2, -0.15) is 8.42 Å². The monoisotopic (exact) mass is 207 g/mol. The lowest BCUT2D eigenvalue weighted by molar-refractivity contribution is -0.108. The van der Waals surface area contributed by atoms with Crippen molar-refractivity contribution in [2.45, 2.75) is 38.2 Å². The van der Waals surface area contributed by atoms with Crippen LogP contribution >= 0.6 is 0 Å². The van der Waals surface area contributed by atoms with Crippen LogP contribution in [0.25, 0.3) is 0 Å². The molecule has 0 atom stereocenters. The second kappa shape index (κ2) is 3.63. The Labute approximate surface area is 77.7 Å². The molecule has 13 heavy (non-hydrogen) atoms. The lowest BCUT2D eigenvalue weighted by Gasteiger charge is -2.13. The third-order valence-corrected chi connectivity index (χ3v) is 2.95. The minimum absolute atomic E-state index is 0.108. The smallest absolute Gasteiger partial charge is 0.278 e. The Kier molecular flexibility index (Phi) is 2.92. The van der Waals surface area contributed by atoms with E-state index in [4.69, 9.17) is 4.18 Å². The van der Waals surface area contributed by atoms with E-state index in [1.165, 1.54) is 0 Å². The average Bonchev–Trinajstić information content (AvgIpc) is 2.68. The molecule has 0 spiro atoms. The lowest BCUT2D eigenvalue weighted by Crippen LogP contribution is -2.30. The first-order chi connectivity index (χ1) is 6.04.